The van der Waals surface area contributed by atoms with Gasteiger partial charge in [0.25, 0.3) is 0 Å². The van der Waals surface area contributed by atoms with Crippen molar-refractivity contribution in [3.8, 4) is 0 Å². The number of hydrogen-bond donors (Lipinski definition) is 1. The minimum Gasteiger partial charge on any atom is -0.468 e. The second-order valence-electron chi connectivity index (χ2n) is 3.74. The van der Waals surface area contributed by atoms with E-state index in [1.807, 2.05) is 6.92 Å². The molecule has 0 aromatic heterocycles. The largest absolute Gasteiger partial charge is 0.468 e. The number of ether oxygens (including phenoxy) is 2. The van der Waals surface area contributed by atoms with E-state index in [4.69, 9.17) is 4.74 Å². The van der Waals surface area contributed by atoms with Gasteiger partial charge in [-0.2, -0.15) is 0 Å². The van der Waals surface area contributed by atoms with Crippen molar-refractivity contribution in [2.75, 3.05) is 26.9 Å². The number of carbonyl (C=O) groups excluding carboxylic acids is 1. The standard InChI is InChI=1S/C10H19NO3/c1-8(10(12)13-2)11-6-9-4-3-5-14-7-9/h8-9,11H,3-7H2,1-2H3/t8-,9?/m0/s1. The van der Waals surface area contributed by atoms with Gasteiger partial charge in [0.15, 0.2) is 0 Å². The van der Waals surface area contributed by atoms with E-state index in [1.165, 1.54) is 13.5 Å². The first-order chi connectivity index (χ1) is 6.74. The highest BCUT2D eigenvalue weighted by molar-refractivity contribution is 5.75. The van der Waals surface area contributed by atoms with Crippen molar-refractivity contribution < 1.29 is 14.3 Å². The molecule has 1 unspecified atom stereocenters. The molecule has 1 aliphatic heterocycles. The number of methoxy groups -OCH3 is 1. The minimum absolute atomic E-state index is 0.207. The van der Waals surface area contributed by atoms with E-state index in [-0.39, 0.29) is 12.0 Å². The van der Waals surface area contributed by atoms with Gasteiger partial charge in [-0.25, -0.2) is 0 Å². The molecule has 0 aromatic rings. The van der Waals surface area contributed by atoms with Crippen molar-refractivity contribution in [2.45, 2.75) is 25.8 Å². The monoisotopic (exact) mass is 201 g/mol. The third-order valence-electron chi connectivity index (χ3n) is 2.52. The Hall–Kier alpha value is -0.610. The molecule has 0 aromatic carbocycles. The summed E-state index contributed by atoms with van der Waals surface area (Å²) in [5, 5.41) is 3.15. The summed E-state index contributed by atoms with van der Waals surface area (Å²) in [6, 6.07) is -0.220. The van der Waals surface area contributed by atoms with Crippen molar-refractivity contribution in [2.24, 2.45) is 5.92 Å². The first kappa shape index (κ1) is 11.5. The van der Waals surface area contributed by atoms with Crippen molar-refractivity contribution in [3.63, 3.8) is 0 Å². The van der Waals surface area contributed by atoms with Crippen LogP contribution < -0.4 is 5.32 Å². The number of hydrogen-bond acceptors (Lipinski definition) is 4. The molecule has 0 radical (unpaired) electrons. The summed E-state index contributed by atoms with van der Waals surface area (Å²) < 4.78 is 9.96. The summed E-state index contributed by atoms with van der Waals surface area (Å²) in [6.45, 7) is 4.33. The summed E-state index contributed by atoms with van der Waals surface area (Å²) in [5.41, 5.74) is 0. The van der Waals surface area contributed by atoms with Crippen molar-refractivity contribution in [1.82, 2.24) is 5.32 Å². The Bertz CT molecular complexity index is 178. The SMILES string of the molecule is COC(=O)[C@H](C)NCC1CCCOC1. The molecule has 2 atom stereocenters. The summed E-state index contributed by atoms with van der Waals surface area (Å²) in [7, 11) is 1.41. The lowest BCUT2D eigenvalue weighted by molar-refractivity contribution is -0.142. The Kier molecular flexibility index (Phi) is 4.90. The molecule has 1 fully saturated rings. The predicted molar refractivity (Wildman–Crippen MR) is 53.0 cm³/mol. The van der Waals surface area contributed by atoms with Crippen LogP contribution in [0, 0.1) is 5.92 Å². The van der Waals surface area contributed by atoms with E-state index in [0.29, 0.717) is 5.92 Å². The lowest BCUT2D eigenvalue weighted by Crippen LogP contribution is -2.39. The zero-order chi connectivity index (χ0) is 10.4. The highest BCUT2D eigenvalue weighted by Crippen LogP contribution is 2.12. The Labute approximate surface area is 85.0 Å². The van der Waals surface area contributed by atoms with Crippen LogP contribution in [0.5, 0.6) is 0 Å². The van der Waals surface area contributed by atoms with Crippen molar-refractivity contribution in [1.29, 1.82) is 0 Å². The summed E-state index contributed by atoms with van der Waals surface area (Å²) in [4.78, 5) is 11.1. The van der Waals surface area contributed by atoms with Crippen LogP contribution in [0.25, 0.3) is 0 Å². The molecule has 82 valence electrons. The second kappa shape index (κ2) is 5.98. The molecule has 0 spiro atoms. The van der Waals surface area contributed by atoms with Gasteiger partial charge in [-0.15, -0.1) is 0 Å². The van der Waals surface area contributed by atoms with Crippen LogP contribution >= 0.6 is 0 Å². The van der Waals surface area contributed by atoms with Crippen LogP contribution in [0.1, 0.15) is 19.8 Å². The van der Waals surface area contributed by atoms with Crippen LogP contribution in [0.2, 0.25) is 0 Å². The van der Waals surface area contributed by atoms with Crippen LogP contribution in [0.15, 0.2) is 0 Å². The molecule has 0 bridgehead atoms. The fourth-order valence-electron chi connectivity index (χ4n) is 1.57. The number of nitrogens with one attached hydrogen (secondary N) is 1. The average molecular weight is 201 g/mol. The van der Waals surface area contributed by atoms with Crippen LogP contribution in [0.4, 0.5) is 0 Å². The fraction of sp³-hybridized carbons (Fsp3) is 0.900. The molecule has 1 rings (SSSR count). The molecule has 0 saturated carbocycles. The van der Waals surface area contributed by atoms with Gasteiger partial charge in [-0.3, -0.25) is 4.79 Å². The van der Waals surface area contributed by atoms with E-state index < -0.39 is 0 Å². The van der Waals surface area contributed by atoms with E-state index in [0.717, 1.165) is 26.2 Å². The lowest BCUT2D eigenvalue weighted by Gasteiger charge is -2.23. The van der Waals surface area contributed by atoms with E-state index >= 15 is 0 Å². The van der Waals surface area contributed by atoms with Crippen LogP contribution in [-0.4, -0.2) is 38.9 Å². The van der Waals surface area contributed by atoms with E-state index in [9.17, 15) is 4.79 Å². The zero-order valence-electron chi connectivity index (χ0n) is 8.91. The summed E-state index contributed by atoms with van der Waals surface area (Å²) >= 11 is 0. The molecule has 1 N–H and O–H groups in total. The van der Waals surface area contributed by atoms with E-state index in [1.54, 1.807) is 0 Å². The molecule has 4 nitrogen and oxygen atoms in total. The van der Waals surface area contributed by atoms with E-state index in [2.05, 4.69) is 10.1 Å². The normalized spacial score (nSPS) is 24.3. The highest BCUT2D eigenvalue weighted by Gasteiger charge is 2.17. The molecule has 1 saturated heterocycles. The maximum Gasteiger partial charge on any atom is 0.322 e. The molecule has 4 heteroatoms. The Morgan fingerprint density at radius 2 is 2.50 bits per heavy atom. The third-order valence-corrected chi connectivity index (χ3v) is 2.52. The fourth-order valence-corrected chi connectivity index (χ4v) is 1.57. The van der Waals surface area contributed by atoms with Crippen LogP contribution in [0.3, 0.4) is 0 Å². The van der Waals surface area contributed by atoms with Gasteiger partial charge in [-0.05, 0) is 25.7 Å². The molecule has 0 amide bonds. The number of carbonyl (C=O) groups is 1. The number of esters is 1. The Morgan fingerprint density at radius 1 is 1.71 bits per heavy atom. The van der Waals surface area contributed by atoms with Gasteiger partial charge in [0.1, 0.15) is 6.04 Å². The first-order valence-electron chi connectivity index (χ1n) is 5.13. The summed E-state index contributed by atoms with van der Waals surface area (Å²) in [6.07, 6.45) is 2.31. The van der Waals surface area contributed by atoms with Crippen molar-refractivity contribution >= 4 is 5.97 Å². The Balaban J connectivity index is 2.15. The minimum atomic E-state index is -0.220. The molecular weight excluding hydrogens is 182 g/mol. The van der Waals surface area contributed by atoms with Gasteiger partial charge in [-0.1, -0.05) is 0 Å². The smallest absolute Gasteiger partial charge is 0.322 e. The highest BCUT2D eigenvalue weighted by atomic mass is 16.5. The molecular formula is C10H19NO3. The maximum absolute atomic E-state index is 11.1. The van der Waals surface area contributed by atoms with Crippen molar-refractivity contribution in [3.05, 3.63) is 0 Å². The molecule has 0 aliphatic carbocycles. The zero-order valence-corrected chi connectivity index (χ0v) is 8.91. The topological polar surface area (TPSA) is 47.6 Å². The first-order valence-corrected chi connectivity index (χ1v) is 5.13. The van der Waals surface area contributed by atoms with Crippen LogP contribution in [-0.2, 0) is 14.3 Å². The Morgan fingerprint density at radius 3 is 3.07 bits per heavy atom. The summed E-state index contributed by atoms with van der Waals surface area (Å²) in [5.74, 6) is 0.331. The van der Waals surface area contributed by atoms with Gasteiger partial charge >= 0.3 is 5.97 Å². The van der Waals surface area contributed by atoms with Gasteiger partial charge < -0.3 is 14.8 Å². The quantitative estimate of drug-likeness (QED) is 0.675. The second-order valence-corrected chi connectivity index (χ2v) is 3.74. The third kappa shape index (κ3) is 3.64. The van der Waals surface area contributed by atoms with Gasteiger partial charge in [0, 0.05) is 13.2 Å². The van der Waals surface area contributed by atoms with Gasteiger partial charge in [0.05, 0.1) is 13.7 Å². The maximum atomic E-state index is 11.1. The molecule has 1 heterocycles. The molecule has 14 heavy (non-hydrogen) atoms. The van der Waals surface area contributed by atoms with Gasteiger partial charge in [0.2, 0.25) is 0 Å². The predicted octanol–water partition coefficient (Wildman–Crippen LogP) is 0.564. The number of rotatable bonds is 4. The average Bonchev–Trinajstić information content (AvgIpc) is 2.26. The molecule has 1 aliphatic rings. The lowest BCUT2D eigenvalue weighted by atomic mass is 10.0.